The van der Waals surface area contributed by atoms with E-state index in [-0.39, 0.29) is 17.2 Å². The number of benzene rings is 2. The van der Waals surface area contributed by atoms with Crippen LogP contribution in [0.25, 0.3) is 21.9 Å². The second kappa shape index (κ2) is 9.13. The average molecular weight is 480 g/mol. The molecule has 176 valence electrons. The molecule has 1 N–H and O–H groups in total. The number of carbonyl (C=O) groups is 1. The molecule has 0 saturated carbocycles. The fourth-order valence-corrected chi connectivity index (χ4v) is 5.58. The summed E-state index contributed by atoms with van der Waals surface area (Å²) in [7, 11) is -1.73. The van der Waals surface area contributed by atoms with Crippen molar-refractivity contribution in [1.29, 1.82) is 0 Å². The van der Waals surface area contributed by atoms with Gasteiger partial charge in [-0.05, 0) is 42.5 Å². The number of aryl methyl sites for hydroxylation is 2. The van der Waals surface area contributed by atoms with E-state index < -0.39 is 10.0 Å². The van der Waals surface area contributed by atoms with Gasteiger partial charge in [-0.25, -0.2) is 13.4 Å². The van der Waals surface area contributed by atoms with Crippen LogP contribution < -0.4 is 5.32 Å². The Morgan fingerprint density at radius 2 is 1.91 bits per heavy atom. The first kappa shape index (κ1) is 22.5. The van der Waals surface area contributed by atoms with Crippen molar-refractivity contribution in [3.05, 3.63) is 60.6 Å². The standard InChI is InChI=1S/C24H25N5O4S/c1-28-22-7-5-19(34(31,32)29-11-13-33-14-12-29)16-21(22)27-23(28)8-9-24(30)26-18-4-6-20-17(15-18)3-2-10-25-20/h2-7,10,15-16H,8-9,11-14H2,1H3,(H,26,30). The van der Waals surface area contributed by atoms with Gasteiger partial charge in [0.25, 0.3) is 0 Å². The highest BCUT2D eigenvalue weighted by atomic mass is 32.2. The molecule has 2 aromatic carbocycles. The van der Waals surface area contributed by atoms with Crippen LogP contribution in [0.1, 0.15) is 12.2 Å². The first-order valence-corrected chi connectivity index (χ1v) is 12.5. The molecule has 4 aromatic rings. The smallest absolute Gasteiger partial charge is 0.243 e. The molecule has 1 fully saturated rings. The highest BCUT2D eigenvalue weighted by Gasteiger charge is 2.27. The van der Waals surface area contributed by atoms with Crippen LogP contribution in [0.5, 0.6) is 0 Å². The second-order valence-corrected chi connectivity index (χ2v) is 10.2. The summed E-state index contributed by atoms with van der Waals surface area (Å²) in [6.07, 6.45) is 2.41. The van der Waals surface area contributed by atoms with E-state index in [0.29, 0.717) is 49.8 Å². The lowest BCUT2D eigenvalue weighted by Gasteiger charge is -2.26. The molecular weight excluding hydrogens is 454 g/mol. The fourth-order valence-electron chi connectivity index (χ4n) is 4.15. The van der Waals surface area contributed by atoms with Gasteiger partial charge in [0.1, 0.15) is 5.82 Å². The Morgan fingerprint density at radius 3 is 2.74 bits per heavy atom. The van der Waals surface area contributed by atoms with Crippen LogP contribution in [0.3, 0.4) is 0 Å². The molecule has 0 aliphatic carbocycles. The van der Waals surface area contributed by atoms with Crippen molar-refractivity contribution in [3.63, 3.8) is 0 Å². The average Bonchev–Trinajstić information content (AvgIpc) is 3.18. The van der Waals surface area contributed by atoms with Crippen molar-refractivity contribution in [2.45, 2.75) is 17.7 Å². The summed E-state index contributed by atoms with van der Waals surface area (Å²) in [6, 6.07) is 14.4. The predicted molar refractivity (Wildman–Crippen MR) is 129 cm³/mol. The summed E-state index contributed by atoms with van der Waals surface area (Å²) in [5.41, 5.74) is 3.00. The normalized spacial score (nSPS) is 15.1. The second-order valence-electron chi connectivity index (χ2n) is 8.21. The van der Waals surface area contributed by atoms with Gasteiger partial charge in [-0.3, -0.25) is 9.78 Å². The lowest BCUT2D eigenvalue weighted by Crippen LogP contribution is -2.40. The van der Waals surface area contributed by atoms with Crippen molar-refractivity contribution in [1.82, 2.24) is 18.8 Å². The number of carbonyl (C=O) groups excluding carboxylic acids is 1. The number of imidazole rings is 1. The summed E-state index contributed by atoms with van der Waals surface area (Å²) in [5, 5.41) is 3.88. The molecule has 34 heavy (non-hydrogen) atoms. The van der Waals surface area contributed by atoms with Gasteiger partial charge in [0.05, 0.1) is 34.7 Å². The van der Waals surface area contributed by atoms with E-state index in [9.17, 15) is 13.2 Å². The number of morpholine rings is 1. The van der Waals surface area contributed by atoms with Gasteiger partial charge in [0, 0.05) is 50.2 Å². The molecule has 10 heteroatoms. The Labute approximate surface area is 197 Å². The third-order valence-corrected chi connectivity index (χ3v) is 7.91. The third kappa shape index (κ3) is 4.39. The van der Waals surface area contributed by atoms with Crippen molar-refractivity contribution in [2.24, 2.45) is 7.05 Å². The molecule has 0 spiro atoms. The van der Waals surface area contributed by atoms with E-state index in [1.54, 1.807) is 24.4 Å². The number of nitrogens with one attached hydrogen (secondary N) is 1. The van der Waals surface area contributed by atoms with Crippen LogP contribution in [0.15, 0.2) is 59.6 Å². The largest absolute Gasteiger partial charge is 0.379 e. The summed E-state index contributed by atoms with van der Waals surface area (Å²) >= 11 is 0. The molecule has 0 atom stereocenters. The van der Waals surface area contributed by atoms with E-state index in [4.69, 9.17) is 4.74 Å². The molecule has 0 bridgehead atoms. The number of nitrogens with zero attached hydrogens (tertiary/aromatic N) is 4. The van der Waals surface area contributed by atoms with E-state index in [1.807, 2.05) is 41.9 Å². The zero-order valence-corrected chi connectivity index (χ0v) is 19.6. The lowest BCUT2D eigenvalue weighted by molar-refractivity contribution is -0.116. The van der Waals surface area contributed by atoms with Gasteiger partial charge in [-0.2, -0.15) is 4.31 Å². The highest BCUT2D eigenvalue weighted by Crippen LogP contribution is 2.24. The van der Waals surface area contributed by atoms with Crippen LogP contribution in [0.2, 0.25) is 0 Å². The number of sulfonamides is 1. The molecule has 0 radical (unpaired) electrons. The number of aromatic nitrogens is 3. The Hall–Kier alpha value is -3.34. The molecule has 2 aromatic heterocycles. The zero-order chi connectivity index (χ0) is 23.7. The van der Waals surface area contributed by atoms with Crippen LogP contribution in [0.4, 0.5) is 5.69 Å². The summed E-state index contributed by atoms with van der Waals surface area (Å²) in [5.74, 6) is 0.597. The lowest BCUT2D eigenvalue weighted by atomic mass is 10.2. The number of amides is 1. The first-order chi connectivity index (χ1) is 16.4. The number of ether oxygens (including phenoxy) is 1. The van der Waals surface area contributed by atoms with Crippen molar-refractivity contribution < 1.29 is 17.9 Å². The molecule has 0 unspecified atom stereocenters. The molecular formula is C24H25N5O4S. The number of hydrogen-bond donors (Lipinski definition) is 1. The minimum atomic E-state index is -3.60. The van der Waals surface area contributed by atoms with E-state index in [1.165, 1.54) is 4.31 Å². The number of anilines is 1. The molecule has 1 saturated heterocycles. The summed E-state index contributed by atoms with van der Waals surface area (Å²) in [4.78, 5) is 21.7. The van der Waals surface area contributed by atoms with Crippen LogP contribution in [-0.2, 0) is 33.0 Å². The Balaban J connectivity index is 1.29. The van der Waals surface area contributed by atoms with Crippen molar-refractivity contribution >= 4 is 43.6 Å². The molecule has 1 aliphatic rings. The van der Waals surface area contributed by atoms with Gasteiger partial charge in [-0.15, -0.1) is 0 Å². The maximum Gasteiger partial charge on any atom is 0.243 e. The van der Waals surface area contributed by atoms with E-state index in [0.717, 1.165) is 16.4 Å². The summed E-state index contributed by atoms with van der Waals surface area (Å²) in [6.45, 7) is 1.48. The van der Waals surface area contributed by atoms with Crippen molar-refractivity contribution in [3.8, 4) is 0 Å². The minimum absolute atomic E-state index is 0.120. The SMILES string of the molecule is Cn1c(CCC(=O)Nc2ccc3ncccc3c2)nc2cc(S(=O)(=O)N3CCOCC3)ccc21. The van der Waals surface area contributed by atoms with Gasteiger partial charge in [0.2, 0.25) is 15.9 Å². The molecule has 1 amide bonds. The van der Waals surface area contributed by atoms with E-state index >= 15 is 0 Å². The predicted octanol–water partition coefficient (Wildman–Crippen LogP) is 2.71. The number of hydrogen-bond acceptors (Lipinski definition) is 6. The number of rotatable bonds is 6. The Kier molecular flexibility index (Phi) is 6.03. The fraction of sp³-hybridized carbons (Fsp3) is 0.292. The van der Waals surface area contributed by atoms with Gasteiger partial charge in [-0.1, -0.05) is 6.07 Å². The van der Waals surface area contributed by atoms with Gasteiger partial charge >= 0.3 is 0 Å². The van der Waals surface area contributed by atoms with E-state index in [2.05, 4.69) is 15.3 Å². The number of fused-ring (bicyclic) bond motifs is 2. The topological polar surface area (TPSA) is 106 Å². The molecule has 1 aliphatic heterocycles. The highest BCUT2D eigenvalue weighted by molar-refractivity contribution is 7.89. The first-order valence-electron chi connectivity index (χ1n) is 11.1. The molecule has 5 rings (SSSR count). The Morgan fingerprint density at radius 1 is 1.09 bits per heavy atom. The Bertz CT molecular complexity index is 1480. The zero-order valence-electron chi connectivity index (χ0n) is 18.8. The monoisotopic (exact) mass is 479 g/mol. The van der Waals surface area contributed by atoms with Gasteiger partial charge in [0.15, 0.2) is 0 Å². The third-order valence-electron chi connectivity index (χ3n) is 6.02. The maximum absolute atomic E-state index is 13.0. The molecule has 3 heterocycles. The minimum Gasteiger partial charge on any atom is -0.379 e. The van der Waals surface area contributed by atoms with Crippen LogP contribution in [0, 0.1) is 0 Å². The van der Waals surface area contributed by atoms with Crippen LogP contribution in [-0.4, -0.2) is 59.5 Å². The summed E-state index contributed by atoms with van der Waals surface area (Å²) < 4.78 is 34.5. The number of pyridine rings is 1. The quantitative estimate of drug-likeness (QED) is 0.456. The van der Waals surface area contributed by atoms with Crippen LogP contribution >= 0.6 is 0 Å². The van der Waals surface area contributed by atoms with Gasteiger partial charge < -0.3 is 14.6 Å². The molecule has 9 nitrogen and oxygen atoms in total. The maximum atomic E-state index is 13.0. The van der Waals surface area contributed by atoms with Crippen molar-refractivity contribution in [2.75, 3.05) is 31.6 Å².